The van der Waals surface area contributed by atoms with E-state index in [9.17, 15) is 0 Å². The van der Waals surface area contributed by atoms with E-state index in [2.05, 4.69) is 29.5 Å². The molecule has 1 atom stereocenters. The fraction of sp³-hybridized carbons (Fsp3) is 0.800. The minimum Gasteiger partial charge on any atom is -0.314 e. The van der Waals surface area contributed by atoms with Gasteiger partial charge in [0, 0.05) is 23.5 Å². The Morgan fingerprint density at radius 1 is 1.44 bits per heavy atom. The molecule has 0 spiro atoms. The summed E-state index contributed by atoms with van der Waals surface area (Å²) in [6.45, 7) is 5.50. The smallest absolute Gasteiger partial charge is 0.0928 e. The molecule has 1 aliphatic carbocycles. The van der Waals surface area contributed by atoms with Crippen molar-refractivity contribution < 1.29 is 0 Å². The van der Waals surface area contributed by atoms with Crippen molar-refractivity contribution in [1.29, 1.82) is 0 Å². The van der Waals surface area contributed by atoms with Crippen LogP contribution in [0.3, 0.4) is 0 Å². The maximum Gasteiger partial charge on any atom is 0.0928 e. The Morgan fingerprint density at radius 2 is 2.22 bits per heavy atom. The van der Waals surface area contributed by atoms with Gasteiger partial charge in [-0.2, -0.15) is 0 Å². The van der Waals surface area contributed by atoms with Crippen LogP contribution in [0.15, 0.2) is 5.38 Å². The van der Waals surface area contributed by atoms with Crippen LogP contribution in [0, 0.1) is 12.8 Å². The molecular weight excluding hydrogens is 240 g/mol. The Labute approximate surface area is 115 Å². The van der Waals surface area contributed by atoms with E-state index in [1.54, 1.807) is 0 Å². The highest BCUT2D eigenvalue weighted by molar-refractivity contribution is 7.09. The highest BCUT2D eigenvalue weighted by Crippen LogP contribution is 2.29. The summed E-state index contributed by atoms with van der Waals surface area (Å²) < 4.78 is 0. The highest BCUT2D eigenvalue weighted by Gasteiger charge is 2.24. The molecule has 18 heavy (non-hydrogen) atoms. The third kappa shape index (κ3) is 4.06. The number of aryl methyl sites for hydroxylation is 2. The van der Waals surface area contributed by atoms with Crippen molar-refractivity contribution >= 4 is 11.3 Å². The molecule has 1 fully saturated rings. The summed E-state index contributed by atoms with van der Waals surface area (Å²) in [4.78, 5) is 4.58. The Balaban J connectivity index is 1.83. The number of thiazole rings is 1. The molecule has 2 rings (SSSR count). The lowest BCUT2D eigenvalue weighted by Gasteiger charge is -2.24. The molecule has 0 saturated heterocycles. The first-order valence-corrected chi connectivity index (χ1v) is 8.32. The number of nitrogens with zero attached hydrogens (tertiary/aromatic N) is 1. The van der Waals surface area contributed by atoms with Crippen molar-refractivity contribution in [3.8, 4) is 0 Å². The fourth-order valence-corrected chi connectivity index (χ4v) is 3.78. The summed E-state index contributed by atoms with van der Waals surface area (Å²) in [6, 6.07) is 0.719. The van der Waals surface area contributed by atoms with E-state index in [0.29, 0.717) is 0 Å². The van der Waals surface area contributed by atoms with Gasteiger partial charge in [-0.25, -0.2) is 4.98 Å². The number of nitrogens with one attached hydrogen (secondary N) is 1. The lowest BCUT2D eigenvalue weighted by Crippen LogP contribution is -2.36. The summed E-state index contributed by atoms with van der Waals surface area (Å²) in [5.74, 6) is 0.914. The maximum atomic E-state index is 4.58. The maximum absolute atomic E-state index is 4.58. The van der Waals surface area contributed by atoms with Crippen LogP contribution in [0.25, 0.3) is 0 Å². The van der Waals surface area contributed by atoms with Gasteiger partial charge in [-0.1, -0.05) is 19.8 Å². The zero-order valence-electron chi connectivity index (χ0n) is 11.7. The second-order valence-corrected chi connectivity index (χ2v) is 6.47. The van der Waals surface area contributed by atoms with E-state index in [1.807, 2.05) is 11.3 Å². The van der Waals surface area contributed by atoms with Gasteiger partial charge in [-0.3, -0.25) is 0 Å². The third-order valence-electron chi connectivity index (χ3n) is 3.96. The van der Waals surface area contributed by atoms with Gasteiger partial charge >= 0.3 is 0 Å². The minimum atomic E-state index is 0.719. The molecule has 1 aromatic rings. The lowest BCUT2D eigenvalue weighted by atomic mass is 9.94. The predicted octanol–water partition coefficient (Wildman–Crippen LogP) is 3.94. The van der Waals surface area contributed by atoms with E-state index in [0.717, 1.165) is 24.9 Å². The SMILES string of the molecule is CCCNC(CCc1nc(C)cs1)C1CCCC1. The molecule has 0 amide bonds. The van der Waals surface area contributed by atoms with Crippen LogP contribution < -0.4 is 5.32 Å². The zero-order chi connectivity index (χ0) is 12.8. The molecule has 2 nitrogen and oxygen atoms in total. The van der Waals surface area contributed by atoms with E-state index < -0.39 is 0 Å². The van der Waals surface area contributed by atoms with Crippen molar-refractivity contribution in [2.75, 3.05) is 6.54 Å². The standard InChI is InChI=1S/C15H26N2S/c1-3-10-16-14(13-6-4-5-7-13)8-9-15-17-12(2)11-18-15/h11,13-14,16H,3-10H2,1-2H3. The normalized spacial score (nSPS) is 18.3. The summed E-state index contributed by atoms with van der Waals surface area (Å²) in [7, 11) is 0. The van der Waals surface area contributed by atoms with Crippen LogP contribution in [-0.2, 0) is 6.42 Å². The molecule has 0 radical (unpaired) electrons. The molecule has 1 aromatic heterocycles. The molecule has 0 bridgehead atoms. The fourth-order valence-electron chi connectivity index (χ4n) is 2.99. The van der Waals surface area contributed by atoms with Gasteiger partial charge in [0.05, 0.1) is 5.01 Å². The van der Waals surface area contributed by atoms with Gasteiger partial charge in [0.25, 0.3) is 0 Å². The largest absolute Gasteiger partial charge is 0.314 e. The van der Waals surface area contributed by atoms with Crippen LogP contribution in [0.1, 0.15) is 56.2 Å². The average Bonchev–Trinajstić information content (AvgIpc) is 3.01. The van der Waals surface area contributed by atoms with Crippen LogP contribution in [-0.4, -0.2) is 17.6 Å². The highest BCUT2D eigenvalue weighted by atomic mass is 32.1. The summed E-state index contributed by atoms with van der Waals surface area (Å²) in [6.07, 6.45) is 9.38. The Morgan fingerprint density at radius 3 is 2.83 bits per heavy atom. The van der Waals surface area contributed by atoms with Crippen LogP contribution >= 0.6 is 11.3 Å². The molecule has 1 heterocycles. The quantitative estimate of drug-likeness (QED) is 0.808. The van der Waals surface area contributed by atoms with Gasteiger partial charge in [0.2, 0.25) is 0 Å². The first-order chi connectivity index (χ1) is 8.79. The number of aromatic nitrogens is 1. The summed E-state index contributed by atoms with van der Waals surface area (Å²) in [5.41, 5.74) is 1.17. The molecule has 1 unspecified atom stereocenters. The molecule has 102 valence electrons. The van der Waals surface area contributed by atoms with Gasteiger partial charge in [-0.05, 0) is 45.1 Å². The number of hydrogen-bond acceptors (Lipinski definition) is 3. The van der Waals surface area contributed by atoms with Gasteiger partial charge in [0.1, 0.15) is 0 Å². The molecule has 1 N–H and O–H groups in total. The number of hydrogen-bond donors (Lipinski definition) is 1. The van der Waals surface area contributed by atoms with Crippen LogP contribution in [0.4, 0.5) is 0 Å². The molecular formula is C15H26N2S. The third-order valence-corrected chi connectivity index (χ3v) is 4.99. The van der Waals surface area contributed by atoms with Crippen molar-refractivity contribution in [1.82, 2.24) is 10.3 Å². The molecule has 1 aliphatic rings. The van der Waals surface area contributed by atoms with E-state index >= 15 is 0 Å². The van der Waals surface area contributed by atoms with Gasteiger partial charge < -0.3 is 5.32 Å². The molecule has 3 heteroatoms. The van der Waals surface area contributed by atoms with Crippen LogP contribution in [0.2, 0.25) is 0 Å². The number of rotatable bonds is 7. The zero-order valence-corrected chi connectivity index (χ0v) is 12.6. The van der Waals surface area contributed by atoms with Crippen molar-refractivity contribution in [2.45, 2.75) is 64.8 Å². The predicted molar refractivity (Wildman–Crippen MR) is 79.2 cm³/mol. The average molecular weight is 266 g/mol. The van der Waals surface area contributed by atoms with Crippen molar-refractivity contribution in [3.63, 3.8) is 0 Å². The second-order valence-electron chi connectivity index (χ2n) is 5.53. The van der Waals surface area contributed by atoms with Crippen molar-refractivity contribution in [2.24, 2.45) is 5.92 Å². The molecule has 1 saturated carbocycles. The minimum absolute atomic E-state index is 0.719. The first kappa shape index (κ1) is 14.0. The molecule has 0 aliphatic heterocycles. The van der Waals surface area contributed by atoms with E-state index in [4.69, 9.17) is 0 Å². The Bertz CT molecular complexity index is 342. The van der Waals surface area contributed by atoms with E-state index in [-0.39, 0.29) is 0 Å². The lowest BCUT2D eigenvalue weighted by molar-refractivity contribution is 0.340. The summed E-state index contributed by atoms with van der Waals surface area (Å²) >= 11 is 1.82. The Hall–Kier alpha value is -0.410. The summed E-state index contributed by atoms with van der Waals surface area (Å²) in [5, 5.41) is 7.25. The van der Waals surface area contributed by atoms with Gasteiger partial charge in [-0.15, -0.1) is 11.3 Å². The van der Waals surface area contributed by atoms with E-state index in [1.165, 1.54) is 49.2 Å². The monoisotopic (exact) mass is 266 g/mol. The first-order valence-electron chi connectivity index (χ1n) is 7.44. The second kappa shape index (κ2) is 7.25. The van der Waals surface area contributed by atoms with Crippen LogP contribution in [0.5, 0.6) is 0 Å². The Kier molecular flexibility index (Phi) is 5.64. The van der Waals surface area contributed by atoms with Crippen molar-refractivity contribution in [3.05, 3.63) is 16.1 Å². The molecule has 0 aromatic carbocycles. The van der Waals surface area contributed by atoms with Gasteiger partial charge in [0.15, 0.2) is 0 Å². The topological polar surface area (TPSA) is 24.9 Å².